The van der Waals surface area contributed by atoms with E-state index >= 15 is 0 Å². The van der Waals surface area contributed by atoms with Gasteiger partial charge in [-0.1, -0.05) is 13.8 Å². The van der Waals surface area contributed by atoms with E-state index in [1.807, 2.05) is 13.8 Å². The second kappa shape index (κ2) is 5.61. The van der Waals surface area contributed by atoms with Gasteiger partial charge in [0.1, 0.15) is 10.6 Å². The average molecular weight is 311 g/mol. The van der Waals surface area contributed by atoms with Crippen LogP contribution in [0.1, 0.15) is 44.2 Å². The highest BCUT2D eigenvalue weighted by Gasteiger charge is 2.34. The monoisotopic (exact) mass is 311 g/mol. The molecule has 0 aliphatic heterocycles. The van der Waals surface area contributed by atoms with Crippen molar-refractivity contribution in [1.82, 2.24) is 4.72 Å². The molecule has 21 heavy (non-hydrogen) atoms. The minimum atomic E-state index is -3.55. The summed E-state index contributed by atoms with van der Waals surface area (Å²) >= 11 is 0. The van der Waals surface area contributed by atoms with Crippen LogP contribution in [-0.4, -0.2) is 21.6 Å². The van der Waals surface area contributed by atoms with Gasteiger partial charge in [-0.25, -0.2) is 13.1 Å². The highest BCUT2D eigenvalue weighted by atomic mass is 32.2. The summed E-state index contributed by atoms with van der Waals surface area (Å²) in [7, 11) is -2.05. The zero-order valence-corrected chi connectivity index (χ0v) is 14.3. The minimum Gasteiger partial charge on any atom is -0.495 e. The lowest BCUT2D eigenvalue weighted by molar-refractivity contribution is 0.372. The number of sulfonamides is 1. The Morgan fingerprint density at radius 3 is 2.38 bits per heavy atom. The molecular weight excluding hydrogens is 286 g/mol. The van der Waals surface area contributed by atoms with Crippen LogP contribution in [0.25, 0.3) is 0 Å². The molecule has 0 spiro atoms. The molecule has 0 heterocycles. The van der Waals surface area contributed by atoms with Crippen molar-refractivity contribution in [2.45, 2.75) is 57.9 Å². The average Bonchev–Trinajstić information content (AvgIpc) is 2.70. The fourth-order valence-corrected chi connectivity index (χ4v) is 4.46. The van der Waals surface area contributed by atoms with Gasteiger partial charge < -0.3 is 4.74 Å². The Morgan fingerprint density at radius 1 is 1.24 bits per heavy atom. The maximum absolute atomic E-state index is 12.7. The Hall–Kier alpha value is -1.07. The SMILES string of the molecule is COc1cc(C)c(C)cc1S(=O)(=O)NC1CCC(C)(C)C1. The van der Waals surface area contributed by atoms with E-state index in [1.165, 1.54) is 7.11 Å². The predicted octanol–water partition coefficient (Wildman–Crippen LogP) is 3.17. The molecule has 1 fully saturated rings. The molecule has 1 aliphatic rings. The molecule has 1 unspecified atom stereocenters. The summed E-state index contributed by atoms with van der Waals surface area (Å²) in [6.45, 7) is 8.21. The van der Waals surface area contributed by atoms with Crippen LogP contribution in [0.4, 0.5) is 0 Å². The first-order valence-electron chi connectivity index (χ1n) is 7.32. The molecule has 1 saturated carbocycles. The van der Waals surface area contributed by atoms with Gasteiger partial charge in [0.2, 0.25) is 10.0 Å². The molecule has 2 rings (SSSR count). The fourth-order valence-electron chi connectivity index (χ4n) is 2.95. The van der Waals surface area contributed by atoms with Crippen LogP contribution in [-0.2, 0) is 10.0 Å². The van der Waals surface area contributed by atoms with Crippen molar-refractivity contribution >= 4 is 10.0 Å². The third-order valence-electron chi connectivity index (χ3n) is 4.36. The number of nitrogens with one attached hydrogen (secondary N) is 1. The number of hydrogen-bond acceptors (Lipinski definition) is 3. The molecule has 1 N–H and O–H groups in total. The molecule has 1 aromatic rings. The first kappa shape index (κ1) is 16.3. The quantitative estimate of drug-likeness (QED) is 0.929. The Labute approximate surface area is 127 Å². The molecule has 4 nitrogen and oxygen atoms in total. The summed E-state index contributed by atoms with van der Waals surface area (Å²) in [6, 6.07) is 3.48. The molecule has 0 radical (unpaired) electrons. The number of hydrogen-bond donors (Lipinski definition) is 1. The Bertz CT molecular complexity index is 635. The summed E-state index contributed by atoms with van der Waals surface area (Å²) in [5.41, 5.74) is 2.18. The topological polar surface area (TPSA) is 55.4 Å². The van der Waals surface area contributed by atoms with Crippen LogP contribution in [0, 0.1) is 19.3 Å². The molecule has 1 atom stereocenters. The zero-order chi connectivity index (χ0) is 15.8. The van der Waals surface area contributed by atoms with E-state index in [9.17, 15) is 8.42 Å². The summed E-state index contributed by atoms with van der Waals surface area (Å²) in [5, 5.41) is 0. The van der Waals surface area contributed by atoms with E-state index in [0.717, 1.165) is 30.4 Å². The molecule has 0 bridgehead atoms. The molecule has 1 aromatic carbocycles. The number of methoxy groups -OCH3 is 1. The zero-order valence-electron chi connectivity index (χ0n) is 13.5. The van der Waals surface area contributed by atoms with E-state index in [0.29, 0.717) is 5.75 Å². The van der Waals surface area contributed by atoms with Crippen molar-refractivity contribution in [3.05, 3.63) is 23.3 Å². The summed E-state index contributed by atoms with van der Waals surface area (Å²) < 4.78 is 33.4. The van der Waals surface area contributed by atoms with Gasteiger partial charge in [-0.05, 0) is 61.8 Å². The van der Waals surface area contributed by atoms with E-state index in [-0.39, 0.29) is 16.4 Å². The van der Waals surface area contributed by atoms with Crippen LogP contribution in [0.3, 0.4) is 0 Å². The molecule has 0 amide bonds. The lowest BCUT2D eigenvalue weighted by Crippen LogP contribution is -2.33. The van der Waals surface area contributed by atoms with Crippen molar-refractivity contribution in [2.75, 3.05) is 7.11 Å². The highest BCUT2D eigenvalue weighted by molar-refractivity contribution is 7.89. The lowest BCUT2D eigenvalue weighted by atomic mass is 9.92. The smallest absolute Gasteiger partial charge is 0.244 e. The van der Waals surface area contributed by atoms with Gasteiger partial charge in [-0.3, -0.25) is 0 Å². The number of rotatable bonds is 4. The van der Waals surface area contributed by atoms with Crippen molar-refractivity contribution in [3.8, 4) is 5.75 Å². The first-order chi connectivity index (χ1) is 9.64. The normalized spacial score (nSPS) is 21.5. The molecule has 1 aliphatic carbocycles. The Kier molecular flexibility index (Phi) is 4.36. The minimum absolute atomic E-state index is 0.0105. The largest absolute Gasteiger partial charge is 0.495 e. The molecule has 0 saturated heterocycles. The maximum atomic E-state index is 12.7. The second-order valence-electron chi connectivity index (χ2n) is 6.81. The number of aryl methyl sites for hydroxylation is 2. The third-order valence-corrected chi connectivity index (χ3v) is 5.90. The first-order valence-corrected chi connectivity index (χ1v) is 8.80. The number of ether oxygens (including phenoxy) is 1. The van der Waals surface area contributed by atoms with Gasteiger partial charge in [0.25, 0.3) is 0 Å². The van der Waals surface area contributed by atoms with Crippen molar-refractivity contribution in [2.24, 2.45) is 5.41 Å². The van der Waals surface area contributed by atoms with Gasteiger partial charge in [0.15, 0.2) is 0 Å². The van der Waals surface area contributed by atoms with Crippen LogP contribution < -0.4 is 9.46 Å². The van der Waals surface area contributed by atoms with Crippen LogP contribution in [0.2, 0.25) is 0 Å². The van der Waals surface area contributed by atoms with Crippen LogP contribution >= 0.6 is 0 Å². The third kappa shape index (κ3) is 3.58. The van der Waals surface area contributed by atoms with Gasteiger partial charge in [0, 0.05) is 6.04 Å². The summed E-state index contributed by atoms with van der Waals surface area (Å²) in [4.78, 5) is 0.234. The van der Waals surface area contributed by atoms with E-state index in [1.54, 1.807) is 12.1 Å². The van der Waals surface area contributed by atoms with Gasteiger partial charge in [0.05, 0.1) is 7.11 Å². The van der Waals surface area contributed by atoms with Gasteiger partial charge in [-0.2, -0.15) is 0 Å². The highest BCUT2D eigenvalue weighted by Crippen LogP contribution is 2.38. The lowest BCUT2D eigenvalue weighted by Gasteiger charge is -2.19. The van der Waals surface area contributed by atoms with Crippen molar-refractivity contribution < 1.29 is 13.2 Å². The standard InChI is InChI=1S/C16H25NO3S/c1-11-8-14(20-5)15(9-12(11)2)21(18,19)17-13-6-7-16(3,4)10-13/h8-9,13,17H,6-7,10H2,1-5H3. The predicted molar refractivity (Wildman–Crippen MR) is 84.2 cm³/mol. The summed E-state index contributed by atoms with van der Waals surface area (Å²) in [6.07, 6.45) is 2.81. The maximum Gasteiger partial charge on any atom is 0.244 e. The van der Waals surface area contributed by atoms with Gasteiger partial charge in [-0.15, -0.1) is 0 Å². The fraction of sp³-hybridized carbons (Fsp3) is 0.625. The van der Waals surface area contributed by atoms with E-state index in [4.69, 9.17) is 4.74 Å². The molecule has 5 heteroatoms. The van der Waals surface area contributed by atoms with Crippen molar-refractivity contribution in [1.29, 1.82) is 0 Å². The van der Waals surface area contributed by atoms with E-state index < -0.39 is 10.0 Å². The molecule has 118 valence electrons. The number of benzene rings is 1. The van der Waals surface area contributed by atoms with Crippen LogP contribution in [0.5, 0.6) is 5.75 Å². The van der Waals surface area contributed by atoms with E-state index in [2.05, 4.69) is 18.6 Å². The molecular formula is C16H25NO3S. The summed E-state index contributed by atoms with van der Waals surface area (Å²) in [5.74, 6) is 0.405. The van der Waals surface area contributed by atoms with Gasteiger partial charge >= 0.3 is 0 Å². The second-order valence-corrected chi connectivity index (χ2v) is 8.49. The Morgan fingerprint density at radius 2 is 1.86 bits per heavy atom. The Balaban J connectivity index is 2.30. The molecule has 0 aromatic heterocycles. The van der Waals surface area contributed by atoms with Crippen molar-refractivity contribution in [3.63, 3.8) is 0 Å². The van der Waals surface area contributed by atoms with Crippen LogP contribution in [0.15, 0.2) is 17.0 Å².